The fraction of sp³-hybridized carbons (Fsp3) is 0.135. The molecule has 5 aromatic rings. The maximum absolute atomic E-state index is 12.3. The quantitative estimate of drug-likeness (QED) is 0.0559. The van der Waals surface area contributed by atoms with Gasteiger partial charge in [0.1, 0.15) is 46.3 Å². The van der Waals surface area contributed by atoms with Crippen molar-refractivity contribution in [1.29, 1.82) is 0 Å². The van der Waals surface area contributed by atoms with Crippen LogP contribution in [0.2, 0.25) is 0 Å². The fourth-order valence-electron chi connectivity index (χ4n) is 3.79. The van der Waals surface area contributed by atoms with Crippen LogP contribution in [-0.2, 0) is 10.0 Å². The minimum Gasteiger partial charge on any atom is -0.507 e. The number of pyridine rings is 1. The number of anilines is 1. The van der Waals surface area contributed by atoms with Gasteiger partial charge in [-0.15, -0.1) is 0 Å². The molecule has 0 atom stereocenters. The topological polar surface area (TPSA) is 403 Å². The number of aliphatic hydroxyl groups excluding tert-OH is 1. The number of carbonyl (C=O) groups is 3. The van der Waals surface area contributed by atoms with Crippen LogP contribution >= 0.6 is 0 Å². The first-order chi connectivity index (χ1) is 25.8. The molecule has 16 N–H and O–H groups in total. The summed E-state index contributed by atoms with van der Waals surface area (Å²) in [6, 6.07) is 25.9. The van der Waals surface area contributed by atoms with E-state index in [0.29, 0.717) is 5.69 Å². The van der Waals surface area contributed by atoms with Crippen molar-refractivity contribution in [2.45, 2.75) is 4.90 Å². The van der Waals surface area contributed by atoms with E-state index in [4.69, 9.17) is 30.6 Å². The van der Waals surface area contributed by atoms with E-state index in [1.54, 1.807) is 36.4 Å². The summed E-state index contributed by atoms with van der Waals surface area (Å²) in [7, 11) is 2.36. The number of aromatic hydroxyl groups is 3. The van der Waals surface area contributed by atoms with Gasteiger partial charge in [-0.1, -0.05) is 30.3 Å². The van der Waals surface area contributed by atoms with E-state index in [9.17, 15) is 27.9 Å². The SMILES string of the molecule is C[N+](C)(C)CCO.O.O.O.O.O=C(O)c1cc(N=Nc2ccc(S(=O)(=O)Nc3ccccn3)cc2)ccc1O.O=C(O)c1ccccc1O.O=C(O)c1ccccc1O.[MgH2]. The molecule has 1 aromatic heterocycles. The molecule has 5 rings (SSSR count). The van der Waals surface area contributed by atoms with Crippen LogP contribution in [0, 0.1) is 0 Å². The number of para-hydroxylation sites is 2. The lowest BCUT2D eigenvalue weighted by molar-refractivity contribution is -0.870. The van der Waals surface area contributed by atoms with Crippen LogP contribution in [0.5, 0.6) is 17.2 Å². The van der Waals surface area contributed by atoms with Crippen molar-refractivity contribution in [2.75, 3.05) is 39.0 Å². The highest BCUT2D eigenvalue weighted by Crippen LogP contribution is 2.26. The van der Waals surface area contributed by atoms with Gasteiger partial charge >= 0.3 is 41.0 Å². The molecule has 0 aliphatic heterocycles. The van der Waals surface area contributed by atoms with Crippen LogP contribution in [0.4, 0.5) is 17.2 Å². The minimum atomic E-state index is -3.79. The van der Waals surface area contributed by atoms with E-state index in [1.165, 1.54) is 79.0 Å². The molecule has 0 spiro atoms. The zero-order valence-corrected chi connectivity index (χ0v) is 32.6. The van der Waals surface area contributed by atoms with Gasteiger partial charge in [0, 0.05) is 6.20 Å². The standard InChI is InChI=1S/C18H14N4O5S.2C7H6O3.C5H14NO.Mg.4H2O.2H/c23-16-9-6-13(11-15(16)18(24)25)21-20-12-4-7-14(8-5-12)28(26,27)22-17-3-1-2-10-19-17;2*8-6-4-2-1-3-5(6)7(9)10;1-6(2,3)4-5-7;;;;;;;/h1-11,23H,(H,19,22)(H,24,25);2*1-4,8H,(H,9,10);7H,4-5H2,1-3H3;;4*1H2;;/q;;;+1;;;;;;;. The molecule has 21 nitrogen and oxygen atoms in total. The summed E-state index contributed by atoms with van der Waals surface area (Å²) in [5, 5.41) is 69.3. The molecule has 0 fully saturated rings. The van der Waals surface area contributed by atoms with Crippen molar-refractivity contribution in [3.05, 3.63) is 132 Å². The molecular formula is C37H50MgN5O16S+. The van der Waals surface area contributed by atoms with Crippen LogP contribution in [0.3, 0.4) is 0 Å². The Balaban J connectivity index is -0.000000406. The van der Waals surface area contributed by atoms with E-state index in [-0.39, 0.29) is 102 Å². The lowest BCUT2D eigenvalue weighted by Crippen LogP contribution is -2.36. The van der Waals surface area contributed by atoms with Crippen molar-refractivity contribution >= 4 is 68.2 Å². The number of benzene rings is 4. The molecule has 23 heteroatoms. The number of rotatable bonds is 10. The molecule has 0 saturated heterocycles. The zero-order valence-electron chi connectivity index (χ0n) is 31.8. The average Bonchev–Trinajstić information content (AvgIpc) is 3.12. The number of aromatic nitrogens is 1. The Bertz CT molecular complexity index is 2140. The van der Waals surface area contributed by atoms with Crippen molar-refractivity contribution < 1.29 is 84.9 Å². The molecule has 60 heavy (non-hydrogen) atoms. The van der Waals surface area contributed by atoms with Gasteiger partial charge in [0.2, 0.25) is 0 Å². The van der Waals surface area contributed by atoms with Crippen LogP contribution in [-0.4, -0.2) is 151 Å². The number of hydrogen-bond donors (Lipinski definition) is 8. The molecule has 0 aliphatic rings. The molecular weight excluding hydrogens is 827 g/mol. The lowest BCUT2D eigenvalue weighted by Gasteiger charge is -2.21. The summed E-state index contributed by atoms with van der Waals surface area (Å²) in [4.78, 5) is 35.5. The molecule has 0 aliphatic carbocycles. The van der Waals surface area contributed by atoms with Gasteiger partial charge in [0.25, 0.3) is 10.0 Å². The maximum Gasteiger partial charge on any atom is 0.339 e. The predicted octanol–water partition coefficient (Wildman–Crippen LogP) is 1.35. The largest absolute Gasteiger partial charge is 0.507 e. The van der Waals surface area contributed by atoms with Crippen LogP contribution < -0.4 is 4.72 Å². The lowest BCUT2D eigenvalue weighted by atomic mass is 10.2. The van der Waals surface area contributed by atoms with Gasteiger partial charge in [-0.25, -0.2) is 27.8 Å². The first kappa shape index (κ1) is 60.4. The van der Waals surface area contributed by atoms with E-state index < -0.39 is 27.9 Å². The normalized spacial score (nSPS) is 9.80. The molecule has 0 unspecified atom stereocenters. The van der Waals surface area contributed by atoms with E-state index in [2.05, 4.69) is 41.1 Å². The van der Waals surface area contributed by atoms with Gasteiger partial charge in [-0.05, 0) is 78.9 Å². The summed E-state index contributed by atoms with van der Waals surface area (Å²) < 4.78 is 27.9. The smallest absolute Gasteiger partial charge is 0.339 e. The Kier molecular flexibility index (Phi) is 29.2. The number of likely N-dealkylation sites (N-methyl/N-ethyl adjacent to an activating group) is 1. The highest BCUT2D eigenvalue weighted by molar-refractivity contribution is 7.92. The van der Waals surface area contributed by atoms with Gasteiger partial charge in [-0.3, -0.25) is 4.72 Å². The molecule has 4 aromatic carbocycles. The Hall–Kier alpha value is -6.28. The third-order valence-electron chi connectivity index (χ3n) is 6.58. The van der Waals surface area contributed by atoms with Gasteiger partial charge < -0.3 is 62.1 Å². The van der Waals surface area contributed by atoms with Gasteiger partial charge in [-0.2, -0.15) is 10.2 Å². The van der Waals surface area contributed by atoms with Crippen molar-refractivity contribution in [1.82, 2.24) is 4.98 Å². The monoisotopic (exact) mass is 876 g/mol. The third-order valence-corrected chi connectivity index (χ3v) is 7.95. The number of aliphatic hydroxyl groups is 1. The second-order valence-corrected chi connectivity index (χ2v) is 13.6. The van der Waals surface area contributed by atoms with Gasteiger partial charge in [0.15, 0.2) is 0 Å². The van der Waals surface area contributed by atoms with Crippen molar-refractivity contribution in [2.24, 2.45) is 10.2 Å². The number of nitrogens with one attached hydrogen (secondary N) is 1. The summed E-state index contributed by atoms with van der Waals surface area (Å²) in [5.41, 5.74) is 0.161. The Morgan fingerprint density at radius 2 is 1.03 bits per heavy atom. The van der Waals surface area contributed by atoms with Crippen molar-refractivity contribution in [3.63, 3.8) is 0 Å². The Morgan fingerprint density at radius 3 is 1.40 bits per heavy atom. The number of aromatic carboxylic acids is 3. The fourth-order valence-corrected chi connectivity index (χ4v) is 4.80. The van der Waals surface area contributed by atoms with E-state index in [1.807, 2.05) is 0 Å². The number of hydrogen-bond acceptors (Lipinski definition) is 12. The van der Waals surface area contributed by atoms with E-state index in [0.717, 1.165) is 11.0 Å². The Labute approximate surface area is 360 Å². The first-order valence-corrected chi connectivity index (χ1v) is 17.3. The number of carboxylic acids is 3. The Morgan fingerprint density at radius 1 is 0.617 bits per heavy atom. The summed E-state index contributed by atoms with van der Waals surface area (Å²) in [6.45, 7) is 1.11. The predicted molar refractivity (Wildman–Crippen MR) is 224 cm³/mol. The summed E-state index contributed by atoms with van der Waals surface area (Å²) >= 11 is 0. The molecule has 326 valence electrons. The second-order valence-electron chi connectivity index (χ2n) is 11.9. The van der Waals surface area contributed by atoms with Gasteiger partial charge in [0.05, 0.1) is 44.0 Å². The number of quaternary nitrogens is 1. The highest BCUT2D eigenvalue weighted by atomic mass is 32.2. The maximum atomic E-state index is 12.3. The number of azo groups is 1. The molecule has 0 amide bonds. The highest BCUT2D eigenvalue weighted by Gasteiger charge is 2.15. The second kappa shape index (κ2) is 29.0. The number of sulfonamides is 1. The molecule has 1 heterocycles. The number of phenols is 3. The molecule has 0 saturated carbocycles. The average molecular weight is 877 g/mol. The summed E-state index contributed by atoms with van der Waals surface area (Å²) in [5.74, 6) is -4.08. The number of carboxylic acid groups (broad SMARTS) is 3. The first-order valence-electron chi connectivity index (χ1n) is 15.8. The summed E-state index contributed by atoms with van der Waals surface area (Å²) in [6.07, 6.45) is 1.47. The van der Waals surface area contributed by atoms with E-state index >= 15 is 0 Å². The minimum absolute atomic E-state index is 0. The third kappa shape index (κ3) is 21.5. The van der Waals surface area contributed by atoms with Crippen molar-refractivity contribution in [3.8, 4) is 17.2 Å². The molecule has 0 bridgehead atoms. The zero-order chi connectivity index (χ0) is 41.2. The molecule has 0 radical (unpaired) electrons. The van der Waals surface area contributed by atoms with Crippen LogP contribution in [0.1, 0.15) is 31.1 Å². The van der Waals surface area contributed by atoms with Crippen LogP contribution in [0.25, 0.3) is 0 Å². The van der Waals surface area contributed by atoms with Crippen LogP contribution in [0.15, 0.2) is 131 Å². The number of nitrogens with zero attached hydrogens (tertiary/aromatic N) is 4.